The Hall–Kier alpha value is -1.65. The number of hydrogen-bond donors (Lipinski definition) is 1. The van der Waals surface area contributed by atoms with Crippen molar-refractivity contribution < 1.29 is 9.90 Å². The van der Waals surface area contributed by atoms with Crippen molar-refractivity contribution in [1.82, 2.24) is 9.78 Å². The van der Waals surface area contributed by atoms with Crippen molar-refractivity contribution in [3.8, 4) is 0 Å². The molecule has 1 aromatic rings. The van der Waals surface area contributed by atoms with Crippen molar-refractivity contribution in [2.24, 2.45) is 0 Å². The van der Waals surface area contributed by atoms with Gasteiger partial charge < -0.3 is 5.11 Å². The van der Waals surface area contributed by atoms with Crippen molar-refractivity contribution in [2.75, 3.05) is 0 Å². The smallest absolute Gasteiger partial charge is 0.328 e. The van der Waals surface area contributed by atoms with Gasteiger partial charge in [0.05, 0.1) is 6.20 Å². The number of aromatic nitrogens is 2. The third kappa shape index (κ3) is 1.93. The van der Waals surface area contributed by atoms with Gasteiger partial charge in [-0.1, -0.05) is 0 Å². The predicted molar refractivity (Wildman–Crippen MR) is 45.6 cm³/mol. The molecular formula is C8H10N2O3. The van der Waals surface area contributed by atoms with Crippen LogP contribution in [0.5, 0.6) is 0 Å². The van der Waals surface area contributed by atoms with E-state index in [1.807, 2.05) is 0 Å². The summed E-state index contributed by atoms with van der Waals surface area (Å²) in [5.74, 6) is -1.07. The molecule has 0 amide bonds. The van der Waals surface area contributed by atoms with Crippen LogP contribution in [0, 0.1) is 6.92 Å². The maximum absolute atomic E-state index is 11.2. The fourth-order valence-corrected chi connectivity index (χ4v) is 0.904. The average Bonchev–Trinajstić information content (AvgIpc) is 2.03. The Labute approximate surface area is 74.6 Å². The predicted octanol–water partition coefficient (Wildman–Crippen LogP) is 0.197. The van der Waals surface area contributed by atoms with Crippen LogP contribution in [0.4, 0.5) is 0 Å². The van der Waals surface area contributed by atoms with Gasteiger partial charge in [0.25, 0.3) is 5.56 Å². The van der Waals surface area contributed by atoms with Crippen LogP contribution < -0.4 is 5.56 Å². The third-order valence-electron chi connectivity index (χ3n) is 1.69. The van der Waals surface area contributed by atoms with Gasteiger partial charge in [0.15, 0.2) is 6.04 Å². The van der Waals surface area contributed by atoms with Crippen LogP contribution in [0.1, 0.15) is 18.5 Å². The normalized spacial score (nSPS) is 12.5. The molecule has 1 atom stereocenters. The first-order valence-electron chi connectivity index (χ1n) is 3.80. The monoisotopic (exact) mass is 182 g/mol. The van der Waals surface area contributed by atoms with Gasteiger partial charge in [0.1, 0.15) is 0 Å². The number of hydrogen-bond acceptors (Lipinski definition) is 3. The molecule has 5 heteroatoms. The van der Waals surface area contributed by atoms with Crippen LogP contribution in [-0.2, 0) is 4.79 Å². The van der Waals surface area contributed by atoms with Gasteiger partial charge in [-0.3, -0.25) is 4.79 Å². The first-order chi connectivity index (χ1) is 6.02. The minimum atomic E-state index is -1.07. The van der Waals surface area contributed by atoms with Gasteiger partial charge in [0.2, 0.25) is 0 Å². The lowest BCUT2D eigenvalue weighted by atomic mass is 10.3. The number of carboxylic acids is 1. The molecule has 0 bridgehead atoms. The molecule has 0 radical (unpaired) electrons. The molecule has 1 aromatic heterocycles. The Morgan fingerprint density at radius 3 is 2.77 bits per heavy atom. The van der Waals surface area contributed by atoms with E-state index in [1.54, 1.807) is 6.92 Å². The molecule has 0 saturated carbocycles. The van der Waals surface area contributed by atoms with Crippen LogP contribution in [0.15, 0.2) is 17.1 Å². The van der Waals surface area contributed by atoms with E-state index in [-0.39, 0.29) is 0 Å². The molecular weight excluding hydrogens is 172 g/mol. The highest BCUT2D eigenvalue weighted by Gasteiger charge is 2.14. The lowest BCUT2D eigenvalue weighted by Gasteiger charge is -2.07. The van der Waals surface area contributed by atoms with Gasteiger partial charge in [-0.25, -0.2) is 9.48 Å². The summed E-state index contributed by atoms with van der Waals surface area (Å²) >= 11 is 0. The molecule has 0 spiro atoms. The first kappa shape index (κ1) is 9.44. The second-order valence-electron chi connectivity index (χ2n) is 2.83. The maximum Gasteiger partial charge on any atom is 0.328 e. The Bertz CT molecular complexity index is 383. The van der Waals surface area contributed by atoms with Gasteiger partial charge in [0, 0.05) is 6.07 Å². The summed E-state index contributed by atoms with van der Waals surface area (Å²) in [5.41, 5.74) is 0.328. The summed E-state index contributed by atoms with van der Waals surface area (Å²) in [5, 5.41) is 12.4. The molecule has 1 heterocycles. The topological polar surface area (TPSA) is 72.2 Å². The number of carboxylic acid groups (broad SMARTS) is 1. The largest absolute Gasteiger partial charge is 0.480 e. The Balaban J connectivity index is 3.16. The van der Waals surface area contributed by atoms with Crippen molar-refractivity contribution in [1.29, 1.82) is 0 Å². The van der Waals surface area contributed by atoms with Crippen molar-refractivity contribution in [3.63, 3.8) is 0 Å². The van der Waals surface area contributed by atoms with Crippen LogP contribution in [0.2, 0.25) is 0 Å². The van der Waals surface area contributed by atoms with E-state index in [1.165, 1.54) is 19.2 Å². The minimum absolute atomic E-state index is 0.394. The summed E-state index contributed by atoms with van der Waals surface area (Å²) in [6, 6.07) is 0.431. The molecule has 13 heavy (non-hydrogen) atoms. The van der Waals surface area contributed by atoms with E-state index in [2.05, 4.69) is 5.10 Å². The van der Waals surface area contributed by atoms with Gasteiger partial charge in [-0.2, -0.15) is 5.10 Å². The van der Waals surface area contributed by atoms with Crippen LogP contribution >= 0.6 is 0 Å². The fraction of sp³-hybridized carbons (Fsp3) is 0.375. The highest BCUT2D eigenvalue weighted by molar-refractivity contribution is 5.71. The molecule has 0 saturated heterocycles. The number of aliphatic carboxylic acids is 1. The SMILES string of the molecule is Cc1cnn([C@@H](C)C(=O)O)c(=O)c1. The zero-order chi connectivity index (χ0) is 10.0. The van der Waals surface area contributed by atoms with Crippen molar-refractivity contribution >= 4 is 5.97 Å². The molecule has 1 rings (SSSR count). The van der Waals surface area contributed by atoms with Crippen molar-refractivity contribution in [3.05, 3.63) is 28.2 Å². The second kappa shape index (κ2) is 3.38. The zero-order valence-corrected chi connectivity index (χ0v) is 7.39. The van der Waals surface area contributed by atoms with Gasteiger partial charge in [-0.05, 0) is 19.4 Å². The zero-order valence-electron chi connectivity index (χ0n) is 7.39. The minimum Gasteiger partial charge on any atom is -0.480 e. The van der Waals surface area contributed by atoms with E-state index in [9.17, 15) is 9.59 Å². The first-order valence-corrected chi connectivity index (χ1v) is 3.80. The fourth-order valence-electron chi connectivity index (χ4n) is 0.904. The number of nitrogens with zero attached hydrogens (tertiary/aromatic N) is 2. The second-order valence-corrected chi connectivity index (χ2v) is 2.83. The van der Waals surface area contributed by atoms with Gasteiger partial charge in [-0.15, -0.1) is 0 Å². The molecule has 0 aromatic carbocycles. The quantitative estimate of drug-likeness (QED) is 0.709. The van der Waals surface area contributed by atoms with E-state index in [4.69, 9.17) is 5.11 Å². The standard InChI is InChI=1S/C8H10N2O3/c1-5-3-7(11)10(9-4-5)6(2)8(12)13/h3-4,6H,1-2H3,(H,12,13)/t6-/m0/s1. The molecule has 1 N–H and O–H groups in total. The molecule has 70 valence electrons. The summed E-state index contributed by atoms with van der Waals surface area (Å²) in [6.45, 7) is 3.14. The average molecular weight is 182 g/mol. The van der Waals surface area contributed by atoms with E-state index in [0.717, 1.165) is 10.2 Å². The highest BCUT2D eigenvalue weighted by Crippen LogP contribution is 1.99. The maximum atomic E-state index is 11.2. The molecule has 0 aliphatic heterocycles. The Morgan fingerprint density at radius 1 is 1.69 bits per heavy atom. The summed E-state index contributed by atoms with van der Waals surface area (Å²) in [6.07, 6.45) is 1.46. The van der Waals surface area contributed by atoms with Crippen LogP contribution in [0.25, 0.3) is 0 Å². The summed E-state index contributed by atoms with van der Waals surface area (Å²) in [4.78, 5) is 21.8. The van der Waals surface area contributed by atoms with E-state index < -0.39 is 17.6 Å². The third-order valence-corrected chi connectivity index (χ3v) is 1.69. The lowest BCUT2D eigenvalue weighted by Crippen LogP contribution is -2.29. The number of rotatable bonds is 2. The molecule has 0 aliphatic carbocycles. The molecule has 5 nitrogen and oxygen atoms in total. The Morgan fingerprint density at radius 2 is 2.31 bits per heavy atom. The van der Waals surface area contributed by atoms with E-state index in [0.29, 0.717) is 0 Å². The molecule has 0 aliphatic rings. The number of carbonyl (C=O) groups is 1. The van der Waals surface area contributed by atoms with E-state index >= 15 is 0 Å². The van der Waals surface area contributed by atoms with Crippen LogP contribution in [-0.4, -0.2) is 20.9 Å². The highest BCUT2D eigenvalue weighted by atomic mass is 16.4. The summed E-state index contributed by atoms with van der Waals surface area (Å²) in [7, 11) is 0. The van der Waals surface area contributed by atoms with Gasteiger partial charge >= 0.3 is 5.97 Å². The van der Waals surface area contributed by atoms with Crippen molar-refractivity contribution in [2.45, 2.75) is 19.9 Å². The number of aryl methyl sites for hydroxylation is 1. The Kier molecular flexibility index (Phi) is 2.46. The van der Waals surface area contributed by atoms with Crippen LogP contribution in [0.3, 0.4) is 0 Å². The molecule has 0 fully saturated rings. The lowest BCUT2D eigenvalue weighted by molar-refractivity contribution is -0.140. The molecule has 0 unspecified atom stereocenters. The summed E-state index contributed by atoms with van der Waals surface area (Å²) < 4.78 is 0.940.